The molecule has 0 aromatic carbocycles. The number of aliphatic hydroxyl groups is 1. The summed E-state index contributed by atoms with van der Waals surface area (Å²) in [5.41, 5.74) is 4.40. The lowest BCUT2D eigenvalue weighted by atomic mass is 10.1. The zero-order valence-corrected chi connectivity index (χ0v) is 16.0. The van der Waals surface area contributed by atoms with Crippen LogP contribution in [0.1, 0.15) is 27.0 Å². The Morgan fingerprint density at radius 3 is 2.60 bits per heavy atom. The Balaban J connectivity index is 2.21. The van der Waals surface area contributed by atoms with Crippen molar-refractivity contribution in [3.63, 3.8) is 0 Å². The second kappa shape index (κ2) is 6.42. The predicted octanol–water partition coefficient (Wildman–Crippen LogP) is 1.74. The molecule has 3 atom stereocenters. The zero-order valence-electron chi connectivity index (χ0n) is 15.0. The molecule has 1 aromatic heterocycles. The van der Waals surface area contributed by atoms with E-state index in [0.29, 0.717) is 4.57 Å². The molecule has 0 saturated carbocycles. The number of aromatic nitrogens is 2. The van der Waals surface area contributed by atoms with Gasteiger partial charge in [-0.2, -0.15) is 13.8 Å². The Morgan fingerprint density at radius 2 is 2.08 bits per heavy atom. The van der Waals surface area contributed by atoms with Gasteiger partial charge in [-0.25, -0.2) is 4.79 Å². The molecule has 1 aromatic rings. The summed E-state index contributed by atoms with van der Waals surface area (Å²) < 4.78 is 40.7. The molecule has 1 saturated heterocycles. The molecule has 0 spiro atoms. The third-order valence-corrected chi connectivity index (χ3v) is 9.40. The van der Waals surface area contributed by atoms with Gasteiger partial charge in [-0.1, -0.05) is 20.8 Å². The van der Waals surface area contributed by atoms with Crippen LogP contribution in [0, 0.1) is 0 Å². The Kier molecular flexibility index (Phi) is 5.12. The van der Waals surface area contributed by atoms with E-state index in [-0.39, 0.29) is 17.5 Å². The van der Waals surface area contributed by atoms with Crippen LogP contribution < -0.4 is 11.4 Å². The highest BCUT2D eigenvalue weighted by molar-refractivity contribution is 6.74. The number of alkyl halides is 2. The maximum Gasteiger partial charge on any atom is 0.351 e. The van der Waals surface area contributed by atoms with Crippen molar-refractivity contribution in [2.75, 3.05) is 12.3 Å². The topological polar surface area (TPSA) is 99.6 Å². The summed E-state index contributed by atoms with van der Waals surface area (Å²) in [6, 6.07) is 1.21. The van der Waals surface area contributed by atoms with Gasteiger partial charge in [0.2, 0.25) is 6.23 Å². The minimum atomic E-state index is -3.66. The van der Waals surface area contributed by atoms with Gasteiger partial charge in [-0.15, -0.1) is 0 Å². The Morgan fingerprint density at radius 1 is 1.48 bits per heavy atom. The van der Waals surface area contributed by atoms with Gasteiger partial charge < -0.3 is 20.0 Å². The van der Waals surface area contributed by atoms with Crippen LogP contribution in [0.5, 0.6) is 0 Å². The smallest absolute Gasteiger partial charge is 0.351 e. The molecule has 10 heteroatoms. The normalized spacial score (nSPS) is 26.8. The second-order valence-corrected chi connectivity index (χ2v) is 12.6. The maximum atomic E-state index is 14.4. The average Bonchev–Trinajstić information content (AvgIpc) is 2.67. The summed E-state index contributed by atoms with van der Waals surface area (Å²) >= 11 is 0. The summed E-state index contributed by atoms with van der Waals surface area (Å²) in [5.74, 6) is -3.75. The number of halogens is 2. The fourth-order valence-electron chi connectivity index (χ4n) is 2.22. The van der Waals surface area contributed by atoms with Crippen LogP contribution in [-0.4, -0.2) is 47.7 Å². The van der Waals surface area contributed by atoms with Gasteiger partial charge in [0.1, 0.15) is 11.9 Å². The largest absolute Gasteiger partial charge is 0.414 e. The molecular weight excluding hydrogens is 352 g/mol. The standard InChI is InChI=1S/C15H25F2N3O4Si/c1-14(2,3)25(4,5)23-8-9-11(21)15(16,17)12(24-9)20-7-6-10(18)19-13(20)22/h6-7,9,11-12,21H,8H2,1-5H3,(H2,18,19,22). The van der Waals surface area contributed by atoms with Gasteiger partial charge in [0.25, 0.3) is 0 Å². The van der Waals surface area contributed by atoms with E-state index >= 15 is 0 Å². The van der Waals surface area contributed by atoms with Crippen LogP contribution in [0.15, 0.2) is 17.1 Å². The second-order valence-electron chi connectivity index (χ2n) is 7.76. The fraction of sp³-hybridized carbons (Fsp3) is 0.733. The van der Waals surface area contributed by atoms with Crippen molar-refractivity contribution in [1.82, 2.24) is 9.55 Å². The van der Waals surface area contributed by atoms with Gasteiger partial charge in [0.15, 0.2) is 14.4 Å². The van der Waals surface area contributed by atoms with Gasteiger partial charge >= 0.3 is 11.6 Å². The highest BCUT2D eigenvalue weighted by Crippen LogP contribution is 2.43. The lowest BCUT2D eigenvalue weighted by Gasteiger charge is -2.37. The molecule has 142 valence electrons. The van der Waals surface area contributed by atoms with E-state index in [4.69, 9.17) is 14.9 Å². The monoisotopic (exact) mass is 377 g/mol. The molecule has 0 amide bonds. The lowest BCUT2D eigenvalue weighted by molar-refractivity contribution is -0.140. The number of rotatable bonds is 4. The number of nitrogen functional groups attached to an aromatic ring is 1. The van der Waals surface area contributed by atoms with Gasteiger partial charge in [-0.05, 0) is 24.2 Å². The van der Waals surface area contributed by atoms with Gasteiger partial charge in [0, 0.05) is 6.20 Å². The summed E-state index contributed by atoms with van der Waals surface area (Å²) in [6.45, 7) is 9.81. The van der Waals surface area contributed by atoms with E-state index < -0.39 is 38.4 Å². The van der Waals surface area contributed by atoms with E-state index in [1.165, 1.54) is 6.07 Å². The van der Waals surface area contributed by atoms with Crippen molar-refractivity contribution in [2.45, 2.75) is 63.3 Å². The maximum absolute atomic E-state index is 14.4. The van der Waals surface area contributed by atoms with Crippen molar-refractivity contribution in [3.05, 3.63) is 22.7 Å². The highest BCUT2D eigenvalue weighted by atomic mass is 28.4. The summed E-state index contributed by atoms with van der Waals surface area (Å²) in [4.78, 5) is 15.2. The minimum absolute atomic E-state index is 0.0825. The molecule has 0 radical (unpaired) electrons. The first-order valence-corrected chi connectivity index (χ1v) is 10.9. The first kappa shape index (κ1) is 20.0. The molecule has 1 aliphatic heterocycles. The number of ether oxygens (including phenoxy) is 1. The van der Waals surface area contributed by atoms with Crippen molar-refractivity contribution in [1.29, 1.82) is 0 Å². The molecule has 1 fully saturated rings. The lowest BCUT2D eigenvalue weighted by Crippen LogP contribution is -2.45. The number of anilines is 1. The Labute approximate surface area is 145 Å². The number of nitrogens with two attached hydrogens (primary N) is 1. The quantitative estimate of drug-likeness (QED) is 0.776. The Bertz CT molecular complexity index is 690. The minimum Gasteiger partial charge on any atom is -0.414 e. The molecule has 3 unspecified atom stereocenters. The van der Waals surface area contributed by atoms with E-state index in [9.17, 15) is 18.7 Å². The van der Waals surface area contributed by atoms with Crippen LogP contribution in [0.3, 0.4) is 0 Å². The van der Waals surface area contributed by atoms with E-state index in [1.54, 1.807) is 0 Å². The molecule has 7 nitrogen and oxygen atoms in total. The van der Waals surface area contributed by atoms with Crippen molar-refractivity contribution >= 4 is 14.1 Å². The van der Waals surface area contributed by atoms with Gasteiger partial charge in [0.05, 0.1) is 6.61 Å². The highest BCUT2D eigenvalue weighted by Gasteiger charge is 2.60. The third kappa shape index (κ3) is 3.76. The molecule has 0 bridgehead atoms. The summed E-state index contributed by atoms with van der Waals surface area (Å²) in [7, 11) is -2.20. The number of hydrogen-bond donors (Lipinski definition) is 2. The van der Waals surface area contributed by atoms with Crippen molar-refractivity contribution < 1.29 is 23.1 Å². The van der Waals surface area contributed by atoms with Crippen LogP contribution in [0.4, 0.5) is 14.6 Å². The van der Waals surface area contributed by atoms with Crippen molar-refractivity contribution in [3.8, 4) is 0 Å². The van der Waals surface area contributed by atoms with Crippen molar-refractivity contribution in [2.24, 2.45) is 0 Å². The van der Waals surface area contributed by atoms with E-state index in [1.807, 2.05) is 33.9 Å². The SMILES string of the molecule is CC(C)(C)[Si](C)(C)OCC1OC(n2ccc(N)nc2=O)C(F)(F)C1O. The molecule has 2 heterocycles. The number of nitrogens with zero attached hydrogens (tertiary/aromatic N) is 2. The van der Waals surface area contributed by atoms with Crippen LogP contribution in [-0.2, 0) is 9.16 Å². The van der Waals surface area contributed by atoms with Crippen LogP contribution in [0.25, 0.3) is 0 Å². The molecule has 2 rings (SSSR count). The first-order valence-electron chi connectivity index (χ1n) is 7.97. The zero-order chi connectivity index (χ0) is 19.2. The summed E-state index contributed by atoms with van der Waals surface area (Å²) in [6.07, 6.45) is -4.23. The Hall–Kier alpha value is -1.36. The molecule has 0 aliphatic carbocycles. The van der Waals surface area contributed by atoms with Crippen LogP contribution in [0.2, 0.25) is 18.1 Å². The average molecular weight is 377 g/mol. The molecular formula is C15H25F2N3O4Si. The number of aliphatic hydroxyl groups excluding tert-OH is 1. The predicted molar refractivity (Wildman–Crippen MR) is 90.9 cm³/mol. The first-order chi connectivity index (χ1) is 11.3. The summed E-state index contributed by atoms with van der Waals surface area (Å²) in [5, 5.41) is 9.88. The molecule has 3 N–H and O–H groups in total. The fourth-order valence-corrected chi connectivity index (χ4v) is 3.23. The number of hydrogen-bond acceptors (Lipinski definition) is 6. The third-order valence-electron chi connectivity index (χ3n) is 4.90. The van der Waals surface area contributed by atoms with Crippen LogP contribution >= 0.6 is 0 Å². The van der Waals surface area contributed by atoms with E-state index in [2.05, 4.69) is 4.98 Å². The van der Waals surface area contributed by atoms with Gasteiger partial charge in [-0.3, -0.25) is 4.57 Å². The van der Waals surface area contributed by atoms with E-state index in [0.717, 1.165) is 6.20 Å². The molecule has 25 heavy (non-hydrogen) atoms. The molecule has 1 aliphatic rings.